The number of nitrogens with one attached hydrogen (secondary N) is 2. The summed E-state index contributed by atoms with van der Waals surface area (Å²) >= 11 is 0. The van der Waals surface area contributed by atoms with Crippen LogP contribution in [0.15, 0.2) is 60.7 Å². The molecule has 1 aliphatic heterocycles. The summed E-state index contributed by atoms with van der Waals surface area (Å²) in [5.41, 5.74) is 5.85. The molecule has 1 aliphatic rings. The Bertz CT molecular complexity index is 1550. The maximum Gasteiger partial charge on any atom is 0.237 e. The van der Waals surface area contributed by atoms with E-state index in [1.165, 1.54) is 0 Å². The predicted octanol–water partition coefficient (Wildman–Crippen LogP) is 5.33. The zero-order chi connectivity index (χ0) is 23.4. The third kappa shape index (κ3) is 3.08. The summed E-state index contributed by atoms with van der Waals surface area (Å²) in [6, 6.07) is 20.0. The molecule has 6 rings (SSSR count). The first-order valence-corrected chi connectivity index (χ1v) is 11.5. The van der Waals surface area contributed by atoms with Crippen molar-refractivity contribution >= 4 is 33.5 Å². The van der Waals surface area contributed by atoms with Crippen LogP contribution in [0.25, 0.3) is 33.5 Å². The summed E-state index contributed by atoms with van der Waals surface area (Å²) in [4.78, 5) is 22.9. The molecule has 3 heterocycles. The van der Waals surface area contributed by atoms with Gasteiger partial charge in [0.15, 0.2) is 5.82 Å². The third-order valence-electron chi connectivity index (χ3n) is 6.67. The second kappa shape index (κ2) is 7.45. The molecular weight excluding hydrogens is 426 g/mol. The number of aromatic nitrogens is 4. The number of likely N-dealkylation sites (N-methyl/N-ethyl adjacent to an activating group) is 1. The summed E-state index contributed by atoms with van der Waals surface area (Å²) < 4.78 is 6.02. The van der Waals surface area contributed by atoms with E-state index in [2.05, 4.69) is 21.2 Å². The Labute approximate surface area is 196 Å². The van der Waals surface area contributed by atoms with E-state index in [1.807, 2.05) is 80.3 Å². The van der Waals surface area contributed by atoms with Crippen LogP contribution in [0.1, 0.15) is 31.9 Å². The van der Waals surface area contributed by atoms with Crippen molar-refractivity contribution in [2.75, 3.05) is 11.4 Å². The van der Waals surface area contributed by atoms with Crippen LogP contribution >= 0.6 is 0 Å². The van der Waals surface area contributed by atoms with Gasteiger partial charge in [0.05, 0.1) is 27.7 Å². The van der Waals surface area contributed by atoms with Gasteiger partial charge < -0.3 is 14.6 Å². The topological polar surface area (TPSA) is 86.9 Å². The normalized spacial score (nSPS) is 14.8. The highest BCUT2D eigenvalue weighted by Gasteiger charge is 2.43. The van der Waals surface area contributed by atoms with E-state index in [1.54, 1.807) is 0 Å². The van der Waals surface area contributed by atoms with Crippen molar-refractivity contribution in [3.8, 4) is 17.3 Å². The summed E-state index contributed by atoms with van der Waals surface area (Å²) in [6.45, 7) is 7.08. The molecule has 0 bridgehead atoms. The van der Waals surface area contributed by atoms with E-state index in [0.29, 0.717) is 19.0 Å². The van der Waals surface area contributed by atoms with Crippen LogP contribution in [0.4, 0.5) is 5.69 Å². The average molecular weight is 452 g/mol. The summed E-state index contributed by atoms with van der Waals surface area (Å²) in [7, 11) is 0. The lowest BCUT2D eigenvalue weighted by Crippen LogP contribution is -2.35. The van der Waals surface area contributed by atoms with E-state index >= 15 is 0 Å². The SMILES string of the molecule is CCN1C(=O)C(C)(C)c2cc3[nH]c(-c4n[nH]c5ccc(OCc6ccccc6)cc45)nc3cc21. The van der Waals surface area contributed by atoms with Crippen molar-refractivity contribution in [3.63, 3.8) is 0 Å². The summed E-state index contributed by atoms with van der Waals surface area (Å²) in [5.74, 6) is 1.57. The number of carbonyl (C=O) groups is 1. The molecular formula is C27H25N5O2. The van der Waals surface area contributed by atoms with Gasteiger partial charge in [0.2, 0.25) is 5.91 Å². The minimum atomic E-state index is -0.561. The van der Waals surface area contributed by atoms with Gasteiger partial charge in [0.1, 0.15) is 18.1 Å². The fourth-order valence-electron chi connectivity index (χ4n) is 4.76. The monoisotopic (exact) mass is 451 g/mol. The van der Waals surface area contributed by atoms with E-state index in [0.717, 1.165) is 50.2 Å². The summed E-state index contributed by atoms with van der Waals surface area (Å²) in [6.07, 6.45) is 0. The van der Waals surface area contributed by atoms with Crippen LogP contribution in [0, 0.1) is 0 Å². The lowest BCUT2D eigenvalue weighted by atomic mass is 9.86. The first kappa shape index (κ1) is 20.5. The molecule has 0 fully saturated rings. The number of amides is 1. The van der Waals surface area contributed by atoms with Crippen LogP contribution in [-0.2, 0) is 16.8 Å². The Kier molecular flexibility index (Phi) is 4.49. The molecule has 5 aromatic rings. The molecule has 34 heavy (non-hydrogen) atoms. The fraction of sp³-hybridized carbons (Fsp3) is 0.222. The number of ether oxygens (including phenoxy) is 1. The number of hydrogen-bond donors (Lipinski definition) is 2. The largest absolute Gasteiger partial charge is 0.489 e. The Morgan fingerprint density at radius 2 is 1.85 bits per heavy atom. The van der Waals surface area contributed by atoms with Gasteiger partial charge >= 0.3 is 0 Å². The molecule has 2 aromatic heterocycles. The highest BCUT2D eigenvalue weighted by molar-refractivity contribution is 6.09. The Hall–Kier alpha value is -4.13. The van der Waals surface area contributed by atoms with E-state index in [4.69, 9.17) is 9.72 Å². The maximum absolute atomic E-state index is 12.9. The fourth-order valence-corrected chi connectivity index (χ4v) is 4.76. The van der Waals surface area contributed by atoms with Crippen molar-refractivity contribution in [3.05, 3.63) is 71.8 Å². The van der Waals surface area contributed by atoms with Crippen molar-refractivity contribution in [1.29, 1.82) is 0 Å². The number of aromatic amines is 2. The number of imidazole rings is 1. The number of rotatable bonds is 5. The second-order valence-electron chi connectivity index (χ2n) is 9.20. The number of nitrogens with zero attached hydrogens (tertiary/aromatic N) is 3. The molecule has 0 saturated heterocycles. The van der Waals surface area contributed by atoms with Crippen LogP contribution in [0.2, 0.25) is 0 Å². The molecule has 0 atom stereocenters. The van der Waals surface area contributed by atoms with Gasteiger partial charge in [-0.25, -0.2) is 4.98 Å². The molecule has 0 saturated carbocycles. The lowest BCUT2D eigenvalue weighted by molar-refractivity contribution is -0.122. The standard InChI is InChI=1S/C27H25N5O2/c1-4-32-23-14-22-21(13-19(23)27(2,3)26(32)33)28-25(29-22)24-18-12-17(10-11-20(18)30-31-24)34-15-16-8-6-5-7-9-16/h5-14H,4,15H2,1-3H3,(H,28,29)(H,30,31). The Morgan fingerprint density at radius 3 is 2.65 bits per heavy atom. The van der Waals surface area contributed by atoms with Crippen molar-refractivity contribution < 1.29 is 9.53 Å². The molecule has 0 aliphatic carbocycles. The van der Waals surface area contributed by atoms with E-state index in [-0.39, 0.29) is 5.91 Å². The zero-order valence-corrected chi connectivity index (χ0v) is 19.3. The minimum absolute atomic E-state index is 0.124. The predicted molar refractivity (Wildman–Crippen MR) is 133 cm³/mol. The molecule has 0 radical (unpaired) electrons. The lowest BCUT2D eigenvalue weighted by Gasteiger charge is -2.18. The zero-order valence-electron chi connectivity index (χ0n) is 19.3. The van der Waals surface area contributed by atoms with Crippen LogP contribution in [0.3, 0.4) is 0 Å². The van der Waals surface area contributed by atoms with Crippen molar-refractivity contribution in [1.82, 2.24) is 20.2 Å². The number of anilines is 1. The molecule has 7 nitrogen and oxygen atoms in total. The molecule has 3 aromatic carbocycles. The van der Waals surface area contributed by atoms with Crippen LogP contribution < -0.4 is 9.64 Å². The third-order valence-corrected chi connectivity index (χ3v) is 6.67. The number of hydrogen-bond acceptors (Lipinski definition) is 4. The van der Waals surface area contributed by atoms with Gasteiger partial charge in [-0.3, -0.25) is 9.89 Å². The van der Waals surface area contributed by atoms with Crippen molar-refractivity contribution in [2.45, 2.75) is 32.8 Å². The number of benzene rings is 3. The molecule has 0 spiro atoms. The molecule has 170 valence electrons. The van der Waals surface area contributed by atoms with Gasteiger partial charge in [0, 0.05) is 11.9 Å². The van der Waals surface area contributed by atoms with E-state index in [9.17, 15) is 4.79 Å². The maximum atomic E-state index is 12.9. The number of carbonyl (C=O) groups excluding carboxylic acids is 1. The first-order chi connectivity index (χ1) is 16.5. The highest BCUT2D eigenvalue weighted by Crippen LogP contribution is 2.43. The Balaban J connectivity index is 1.38. The highest BCUT2D eigenvalue weighted by atomic mass is 16.5. The Morgan fingerprint density at radius 1 is 1.03 bits per heavy atom. The van der Waals surface area contributed by atoms with Crippen LogP contribution in [-0.4, -0.2) is 32.6 Å². The van der Waals surface area contributed by atoms with Gasteiger partial charge in [-0.15, -0.1) is 0 Å². The molecule has 1 amide bonds. The summed E-state index contributed by atoms with van der Waals surface area (Å²) in [5, 5.41) is 8.56. The minimum Gasteiger partial charge on any atom is -0.489 e. The van der Waals surface area contributed by atoms with Gasteiger partial charge in [0.25, 0.3) is 0 Å². The van der Waals surface area contributed by atoms with Gasteiger partial charge in [-0.1, -0.05) is 30.3 Å². The number of H-pyrrole nitrogens is 2. The average Bonchev–Trinajstić information content (AvgIpc) is 3.50. The second-order valence-corrected chi connectivity index (χ2v) is 9.20. The van der Waals surface area contributed by atoms with Gasteiger partial charge in [-0.2, -0.15) is 5.10 Å². The van der Waals surface area contributed by atoms with E-state index < -0.39 is 5.41 Å². The smallest absolute Gasteiger partial charge is 0.237 e. The molecule has 7 heteroatoms. The molecule has 0 unspecified atom stereocenters. The van der Waals surface area contributed by atoms with Crippen LogP contribution in [0.5, 0.6) is 5.75 Å². The number of fused-ring (bicyclic) bond motifs is 3. The molecule has 2 N–H and O–H groups in total. The van der Waals surface area contributed by atoms with Crippen molar-refractivity contribution in [2.24, 2.45) is 0 Å². The quantitative estimate of drug-likeness (QED) is 0.378. The first-order valence-electron chi connectivity index (χ1n) is 11.5. The van der Waals surface area contributed by atoms with Gasteiger partial charge in [-0.05, 0) is 62.2 Å².